The minimum absolute atomic E-state index is 0.169. The van der Waals surface area contributed by atoms with Crippen molar-refractivity contribution >= 4 is 17.2 Å². The van der Waals surface area contributed by atoms with Crippen LogP contribution in [0.5, 0.6) is 0 Å². The predicted octanol–water partition coefficient (Wildman–Crippen LogP) is 2.80. The van der Waals surface area contributed by atoms with Gasteiger partial charge in [0.05, 0.1) is 12.6 Å². The first-order chi connectivity index (χ1) is 8.68. The molecule has 2 rings (SSSR count). The highest BCUT2D eigenvalue weighted by atomic mass is 32.1. The van der Waals surface area contributed by atoms with E-state index in [0.717, 1.165) is 0 Å². The van der Waals surface area contributed by atoms with Crippen molar-refractivity contribution in [3.8, 4) is 0 Å². The first-order valence-electron chi connectivity index (χ1n) is 6.71. The van der Waals surface area contributed by atoms with Crippen molar-refractivity contribution in [2.24, 2.45) is 0 Å². The van der Waals surface area contributed by atoms with Crippen LogP contribution in [0.25, 0.3) is 0 Å². The van der Waals surface area contributed by atoms with Crippen molar-refractivity contribution in [3.05, 3.63) is 22.4 Å². The van der Waals surface area contributed by atoms with E-state index in [0.29, 0.717) is 12.6 Å². The molecule has 1 aromatic rings. The van der Waals surface area contributed by atoms with Crippen molar-refractivity contribution in [2.75, 3.05) is 13.6 Å². The molecule has 0 spiro atoms. The third-order valence-electron chi connectivity index (χ3n) is 3.83. The molecule has 1 atom stereocenters. The summed E-state index contributed by atoms with van der Waals surface area (Å²) in [5, 5.41) is 5.43. The number of thiophene rings is 1. The standard InChI is InChI=1S/C14H22N2OS/c1-11(13-8-5-9-18-13)16(2)14(17)10-15-12-6-3-4-7-12/h5,8-9,11-12,15H,3-4,6-7,10H2,1-2H3. The van der Waals surface area contributed by atoms with Crippen LogP contribution in [-0.4, -0.2) is 30.4 Å². The molecule has 1 aromatic heterocycles. The molecule has 0 radical (unpaired) electrons. The predicted molar refractivity (Wildman–Crippen MR) is 75.8 cm³/mol. The number of nitrogens with one attached hydrogen (secondary N) is 1. The zero-order valence-electron chi connectivity index (χ0n) is 11.2. The molecule has 1 heterocycles. The molecule has 1 aliphatic rings. The van der Waals surface area contributed by atoms with Crippen molar-refractivity contribution in [2.45, 2.75) is 44.7 Å². The molecule has 0 saturated heterocycles. The zero-order valence-corrected chi connectivity index (χ0v) is 12.0. The van der Waals surface area contributed by atoms with Gasteiger partial charge in [-0.1, -0.05) is 18.9 Å². The number of carbonyl (C=O) groups excluding carboxylic acids is 1. The van der Waals surface area contributed by atoms with Gasteiger partial charge in [0.2, 0.25) is 5.91 Å². The van der Waals surface area contributed by atoms with Crippen molar-refractivity contribution in [1.29, 1.82) is 0 Å². The Labute approximate surface area is 113 Å². The van der Waals surface area contributed by atoms with Gasteiger partial charge in [0.1, 0.15) is 0 Å². The van der Waals surface area contributed by atoms with E-state index in [9.17, 15) is 4.79 Å². The molecule has 1 unspecified atom stereocenters. The summed E-state index contributed by atoms with van der Waals surface area (Å²) in [4.78, 5) is 15.2. The second-order valence-corrected chi connectivity index (χ2v) is 6.04. The van der Waals surface area contributed by atoms with Crippen molar-refractivity contribution in [1.82, 2.24) is 10.2 Å². The van der Waals surface area contributed by atoms with Gasteiger partial charge in [-0.25, -0.2) is 0 Å². The van der Waals surface area contributed by atoms with E-state index in [1.165, 1.54) is 30.6 Å². The van der Waals surface area contributed by atoms with Crippen molar-refractivity contribution < 1.29 is 4.79 Å². The van der Waals surface area contributed by atoms with Crippen LogP contribution in [0.3, 0.4) is 0 Å². The minimum atomic E-state index is 0.169. The Morgan fingerprint density at radius 3 is 2.89 bits per heavy atom. The first-order valence-corrected chi connectivity index (χ1v) is 7.59. The average Bonchev–Trinajstić information content (AvgIpc) is 3.06. The SMILES string of the molecule is CC(c1cccs1)N(C)C(=O)CNC1CCCC1. The Morgan fingerprint density at radius 1 is 1.56 bits per heavy atom. The topological polar surface area (TPSA) is 32.3 Å². The van der Waals surface area contributed by atoms with Crippen LogP contribution in [0.15, 0.2) is 17.5 Å². The van der Waals surface area contributed by atoms with E-state index in [-0.39, 0.29) is 11.9 Å². The second kappa shape index (κ2) is 6.34. The molecule has 1 saturated carbocycles. The summed E-state index contributed by atoms with van der Waals surface area (Å²) in [6.07, 6.45) is 5.04. The van der Waals surface area contributed by atoms with E-state index in [1.54, 1.807) is 11.3 Å². The van der Waals surface area contributed by atoms with Gasteiger partial charge in [-0.3, -0.25) is 4.79 Å². The summed E-state index contributed by atoms with van der Waals surface area (Å²) in [6.45, 7) is 2.55. The number of hydrogen-bond donors (Lipinski definition) is 1. The largest absolute Gasteiger partial charge is 0.337 e. The molecule has 0 aliphatic heterocycles. The molecule has 1 fully saturated rings. The van der Waals surface area contributed by atoms with E-state index >= 15 is 0 Å². The zero-order chi connectivity index (χ0) is 13.0. The summed E-state index contributed by atoms with van der Waals surface area (Å²) < 4.78 is 0. The molecule has 1 amide bonds. The van der Waals surface area contributed by atoms with Gasteiger partial charge in [-0.2, -0.15) is 0 Å². The Balaban J connectivity index is 1.80. The first kappa shape index (κ1) is 13.6. The van der Waals surface area contributed by atoms with Gasteiger partial charge in [-0.15, -0.1) is 11.3 Å². The molecule has 4 heteroatoms. The van der Waals surface area contributed by atoms with Gasteiger partial charge >= 0.3 is 0 Å². The van der Waals surface area contributed by atoms with Crippen LogP contribution in [0.4, 0.5) is 0 Å². The van der Waals surface area contributed by atoms with Gasteiger partial charge in [0, 0.05) is 18.0 Å². The maximum Gasteiger partial charge on any atom is 0.236 e. The second-order valence-electron chi connectivity index (χ2n) is 5.06. The fraction of sp³-hybridized carbons (Fsp3) is 0.643. The quantitative estimate of drug-likeness (QED) is 0.889. The maximum atomic E-state index is 12.1. The number of rotatable bonds is 5. The molecule has 1 aliphatic carbocycles. The lowest BCUT2D eigenvalue weighted by molar-refractivity contribution is -0.130. The number of amides is 1. The molecule has 18 heavy (non-hydrogen) atoms. The summed E-state index contributed by atoms with van der Waals surface area (Å²) in [5.41, 5.74) is 0. The fourth-order valence-electron chi connectivity index (χ4n) is 2.42. The summed E-state index contributed by atoms with van der Waals surface area (Å²) in [7, 11) is 1.89. The van der Waals surface area contributed by atoms with Crippen LogP contribution >= 0.6 is 11.3 Å². The van der Waals surface area contributed by atoms with Gasteiger partial charge in [0.25, 0.3) is 0 Å². The number of likely N-dealkylation sites (N-methyl/N-ethyl adjacent to an activating group) is 1. The third-order valence-corrected chi connectivity index (χ3v) is 4.87. The van der Waals surface area contributed by atoms with E-state index in [4.69, 9.17) is 0 Å². The number of hydrogen-bond acceptors (Lipinski definition) is 3. The maximum absolute atomic E-state index is 12.1. The fourth-order valence-corrected chi connectivity index (χ4v) is 3.25. The number of carbonyl (C=O) groups is 1. The van der Waals surface area contributed by atoms with Crippen LogP contribution < -0.4 is 5.32 Å². The monoisotopic (exact) mass is 266 g/mol. The summed E-state index contributed by atoms with van der Waals surface area (Å²) >= 11 is 1.71. The van der Waals surface area contributed by atoms with Crippen LogP contribution in [0.2, 0.25) is 0 Å². The highest BCUT2D eigenvalue weighted by Gasteiger charge is 2.20. The molecule has 100 valence electrons. The van der Waals surface area contributed by atoms with E-state index in [2.05, 4.69) is 23.7 Å². The molecular weight excluding hydrogens is 244 g/mol. The molecule has 0 bridgehead atoms. The minimum Gasteiger partial charge on any atom is -0.337 e. The van der Waals surface area contributed by atoms with Crippen molar-refractivity contribution in [3.63, 3.8) is 0 Å². The highest BCUT2D eigenvalue weighted by Crippen LogP contribution is 2.23. The van der Waals surface area contributed by atoms with Crippen LogP contribution in [0.1, 0.15) is 43.5 Å². The molecule has 0 aromatic carbocycles. The lowest BCUT2D eigenvalue weighted by Gasteiger charge is -2.25. The molecule has 3 nitrogen and oxygen atoms in total. The van der Waals surface area contributed by atoms with Gasteiger partial charge < -0.3 is 10.2 Å². The highest BCUT2D eigenvalue weighted by molar-refractivity contribution is 7.10. The summed E-state index contributed by atoms with van der Waals surface area (Å²) in [5.74, 6) is 0.183. The normalized spacial score (nSPS) is 17.9. The Hall–Kier alpha value is -0.870. The third kappa shape index (κ3) is 3.33. The van der Waals surface area contributed by atoms with Crippen LogP contribution in [0, 0.1) is 0 Å². The lowest BCUT2D eigenvalue weighted by Crippen LogP contribution is -2.40. The van der Waals surface area contributed by atoms with E-state index < -0.39 is 0 Å². The van der Waals surface area contributed by atoms with Gasteiger partial charge in [-0.05, 0) is 31.2 Å². The smallest absolute Gasteiger partial charge is 0.236 e. The Morgan fingerprint density at radius 2 is 2.28 bits per heavy atom. The Kier molecular flexibility index (Phi) is 4.78. The van der Waals surface area contributed by atoms with E-state index in [1.807, 2.05) is 18.0 Å². The number of nitrogens with zero attached hydrogens (tertiary/aromatic N) is 1. The van der Waals surface area contributed by atoms with Crippen LogP contribution in [-0.2, 0) is 4.79 Å². The lowest BCUT2D eigenvalue weighted by atomic mass is 10.2. The molecular formula is C14H22N2OS. The Bertz CT molecular complexity index is 371. The average molecular weight is 266 g/mol. The summed E-state index contributed by atoms with van der Waals surface area (Å²) in [6, 6.07) is 4.84. The molecule has 1 N–H and O–H groups in total. The van der Waals surface area contributed by atoms with Gasteiger partial charge in [0.15, 0.2) is 0 Å².